The van der Waals surface area contributed by atoms with Gasteiger partial charge in [-0.25, -0.2) is 4.39 Å². The van der Waals surface area contributed by atoms with E-state index >= 15 is 0 Å². The average Bonchev–Trinajstić information content (AvgIpc) is 2.52. The van der Waals surface area contributed by atoms with Crippen LogP contribution < -0.4 is 4.90 Å². The third-order valence-electron chi connectivity index (χ3n) is 3.12. The van der Waals surface area contributed by atoms with Gasteiger partial charge in [0.1, 0.15) is 5.82 Å². The lowest BCUT2D eigenvalue weighted by Crippen LogP contribution is -2.30. The summed E-state index contributed by atoms with van der Waals surface area (Å²) in [5.41, 5.74) is 1.36. The second kappa shape index (κ2) is 7.20. The standard InChI is InChI=1S/C17H15FN2O/c18-15-9-7-14(8-10-15)17(21)13-20(12-4-11-19)16-5-2-1-3-6-16/h1-3,5-10H,4,12-13H2. The predicted octanol–water partition coefficient (Wildman–Crippen LogP) is 3.43. The van der Waals surface area contributed by atoms with Crippen molar-refractivity contribution in [3.8, 4) is 6.07 Å². The van der Waals surface area contributed by atoms with Gasteiger partial charge in [0, 0.05) is 17.8 Å². The molecule has 0 fully saturated rings. The van der Waals surface area contributed by atoms with Crippen LogP contribution in [-0.4, -0.2) is 18.9 Å². The Balaban J connectivity index is 2.13. The lowest BCUT2D eigenvalue weighted by Gasteiger charge is -2.23. The van der Waals surface area contributed by atoms with Crippen molar-refractivity contribution in [3.05, 3.63) is 66.0 Å². The summed E-state index contributed by atoms with van der Waals surface area (Å²) in [4.78, 5) is 14.1. The van der Waals surface area contributed by atoms with Crippen molar-refractivity contribution >= 4 is 11.5 Å². The number of benzene rings is 2. The van der Waals surface area contributed by atoms with Crippen molar-refractivity contribution in [1.29, 1.82) is 5.26 Å². The Kier molecular flexibility index (Phi) is 5.05. The van der Waals surface area contributed by atoms with Crippen LogP contribution in [0.1, 0.15) is 16.8 Å². The fourth-order valence-electron chi connectivity index (χ4n) is 2.02. The molecular formula is C17H15FN2O. The van der Waals surface area contributed by atoms with Gasteiger partial charge >= 0.3 is 0 Å². The SMILES string of the molecule is N#CCCN(CC(=O)c1ccc(F)cc1)c1ccccc1. The van der Waals surface area contributed by atoms with Crippen LogP contribution in [0.2, 0.25) is 0 Å². The summed E-state index contributed by atoms with van der Waals surface area (Å²) in [6.45, 7) is 0.644. The summed E-state index contributed by atoms with van der Waals surface area (Å²) in [5.74, 6) is -0.465. The van der Waals surface area contributed by atoms with Gasteiger partial charge < -0.3 is 4.90 Å². The summed E-state index contributed by atoms with van der Waals surface area (Å²) in [7, 11) is 0. The number of ketones is 1. The summed E-state index contributed by atoms with van der Waals surface area (Å²) < 4.78 is 12.9. The van der Waals surface area contributed by atoms with Gasteiger partial charge in [-0.2, -0.15) is 5.26 Å². The Morgan fingerprint density at radius 3 is 2.38 bits per heavy atom. The molecule has 2 rings (SSSR count). The Morgan fingerprint density at radius 1 is 1.10 bits per heavy atom. The van der Waals surface area contributed by atoms with E-state index in [0.29, 0.717) is 18.5 Å². The van der Waals surface area contributed by atoms with Crippen LogP contribution in [0.25, 0.3) is 0 Å². The number of hydrogen-bond donors (Lipinski definition) is 0. The second-order valence-corrected chi connectivity index (χ2v) is 4.60. The van der Waals surface area contributed by atoms with Crippen molar-refractivity contribution in [2.75, 3.05) is 18.0 Å². The first-order valence-corrected chi connectivity index (χ1v) is 6.66. The minimum atomic E-state index is -0.365. The highest BCUT2D eigenvalue weighted by molar-refractivity contribution is 5.99. The zero-order chi connectivity index (χ0) is 15.1. The first-order valence-electron chi connectivity index (χ1n) is 6.66. The number of carbonyl (C=O) groups excluding carboxylic acids is 1. The molecule has 0 heterocycles. The lowest BCUT2D eigenvalue weighted by molar-refractivity contribution is 0.0999. The minimum absolute atomic E-state index is 0.100. The maximum Gasteiger partial charge on any atom is 0.182 e. The molecule has 0 unspecified atom stereocenters. The van der Waals surface area contributed by atoms with Gasteiger partial charge in [-0.1, -0.05) is 18.2 Å². The lowest BCUT2D eigenvalue weighted by atomic mass is 10.1. The van der Waals surface area contributed by atoms with Gasteiger partial charge in [-0.15, -0.1) is 0 Å². The smallest absolute Gasteiger partial charge is 0.182 e. The average molecular weight is 282 g/mol. The number of nitriles is 1. The van der Waals surface area contributed by atoms with Gasteiger partial charge in [0.05, 0.1) is 19.0 Å². The molecule has 0 aliphatic carbocycles. The summed E-state index contributed by atoms with van der Waals surface area (Å²) >= 11 is 0. The third-order valence-corrected chi connectivity index (χ3v) is 3.12. The van der Waals surface area contributed by atoms with Gasteiger partial charge in [-0.3, -0.25) is 4.79 Å². The number of para-hydroxylation sites is 1. The van der Waals surface area contributed by atoms with Crippen LogP contribution in [0.4, 0.5) is 10.1 Å². The molecule has 0 aromatic heterocycles. The second-order valence-electron chi connectivity index (χ2n) is 4.60. The molecule has 4 heteroatoms. The van der Waals surface area contributed by atoms with Crippen LogP contribution in [0, 0.1) is 17.1 Å². The topological polar surface area (TPSA) is 44.1 Å². The molecule has 0 amide bonds. The van der Waals surface area contributed by atoms with E-state index < -0.39 is 0 Å². The van der Waals surface area contributed by atoms with E-state index in [2.05, 4.69) is 6.07 Å². The predicted molar refractivity (Wildman–Crippen MR) is 79.6 cm³/mol. The van der Waals surface area contributed by atoms with Crippen LogP contribution >= 0.6 is 0 Å². The molecule has 0 N–H and O–H groups in total. The van der Waals surface area contributed by atoms with E-state index in [1.165, 1.54) is 24.3 Å². The largest absolute Gasteiger partial charge is 0.363 e. The summed E-state index contributed by atoms with van der Waals surface area (Å²) in [6, 6.07) is 17.1. The van der Waals surface area contributed by atoms with E-state index in [9.17, 15) is 9.18 Å². The van der Waals surface area contributed by atoms with E-state index in [-0.39, 0.29) is 18.1 Å². The quantitative estimate of drug-likeness (QED) is 0.762. The van der Waals surface area contributed by atoms with Crippen molar-refractivity contribution in [3.63, 3.8) is 0 Å². The number of carbonyl (C=O) groups is 1. The first-order chi connectivity index (χ1) is 10.2. The number of hydrogen-bond acceptors (Lipinski definition) is 3. The summed E-state index contributed by atoms with van der Waals surface area (Å²) in [5, 5.41) is 8.74. The van der Waals surface area contributed by atoms with Crippen molar-refractivity contribution in [2.24, 2.45) is 0 Å². The van der Waals surface area contributed by atoms with E-state index in [1.807, 2.05) is 35.2 Å². The molecule has 0 saturated carbocycles. The van der Waals surface area contributed by atoms with Crippen LogP contribution in [-0.2, 0) is 0 Å². The van der Waals surface area contributed by atoms with E-state index in [0.717, 1.165) is 5.69 Å². The molecule has 0 atom stereocenters. The monoisotopic (exact) mass is 282 g/mol. The fourth-order valence-corrected chi connectivity index (χ4v) is 2.02. The van der Waals surface area contributed by atoms with Crippen molar-refractivity contribution in [2.45, 2.75) is 6.42 Å². The number of Topliss-reactive ketones (excluding diaryl/α,β-unsaturated/α-hetero) is 1. The van der Waals surface area contributed by atoms with Crippen LogP contribution in [0.15, 0.2) is 54.6 Å². The maximum absolute atomic E-state index is 12.9. The molecule has 106 valence electrons. The van der Waals surface area contributed by atoms with Crippen molar-refractivity contribution in [1.82, 2.24) is 0 Å². The summed E-state index contributed by atoms with van der Waals surface area (Å²) in [6.07, 6.45) is 0.339. The zero-order valence-electron chi connectivity index (χ0n) is 11.5. The third kappa shape index (κ3) is 4.15. The van der Waals surface area contributed by atoms with Crippen LogP contribution in [0.3, 0.4) is 0 Å². The Morgan fingerprint density at radius 2 is 1.76 bits per heavy atom. The molecule has 0 saturated heterocycles. The highest BCUT2D eigenvalue weighted by atomic mass is 19.1. The molecule has 3 nitrogen and oxygen atoms in total. The highest BCUT2D eigenvalue weighted by Crippen LogP contribution is 2.15. The molecule has 0 aliphatic heterocycles. The molecule has 0 radical (unpaired) electrons. The van der Waals surface area contributed by atoms with E-state index in [4.69, 9.17) is 5.26 Å². The fraction of sp³-hybridized carbons (Fsp3) is 0.176. The Labute approximate surface area is 123 Å². The van der Waals surface area contributed by atoms with Crippen LogP contribution in [0.5, 0.6) is 0 Å². The van der Waals surface area contributed by atoms with Gasteiger partial charge in [0.15, 0.2) is 5.78 Å². The molecular weight excluding hydrogens is 267 g/mol. The number of anilines is 1. The number of nitrogens with zero attached hydrogens (tertiary/aromatic N) is 2. The maximum atomic E-state index is 12.9. The Bertz CT molecular complexity index is 632. The first kappa shape index (κ1) is 14.7. The number of rotatable bonds is 6. The molecule has 0 aliphatic rings. The van der Waals surface area contributed by atoms with Gasteiger partial charge in [0.2, 0.25) is 0 Å². The molecule has 2 aromatic carbocycles. The number of halogens is 1. The minimum Gasteiger partial charge on any atom is -0.363 e. The molecule has 21 heavy (non-hydrogen) atoms. The normalized spacial score (nSPS) is 9.90. The van der Waals surface area contributed by atoms with Crippen molar-refractivity contribution < 1.29 is 9.18 Å². The van der Waals surface area contributed by atoms with Gasteiger partial charge in [-0.05, 0) is 36.4 Å². The molecule has 0 spiro atoms. The molecule has 2 aromatic rings. The zero-order valence-corrected chi connectivity index (χ0v) is 11.5. The molecule has 0 bridgehead atoms. The highest BCUT2D eigenvalue weighted by Gasteiger charge is 2.13. The Hall–Kier alpha value is -2.67. The van der Waals surface area contributed by atoms with E-state index in [1.54, 1.807) is 0 Å². The van der Waals surface area contributed by atoms with Gasteiger partial charge in [0.25, 0.3) is 0 Å².